The Bertz CT molecular complexity index is 1110. The highest BCUT2D eigenvalue weighted by molar-refractivity contribution is 5.96. The number of aromatic nitrogens is 1. The minimum Gasteiger partial charge on any atom is -0.502 e. The van der Waals surface area contributed by atoms with Gasteiger partial charge in [-0.15, -0.1) is 0 Å². The lowest BCUT2D eigenvalue weighted by Gasteiger charge is -2.36. The number of hydrogen-bond donors (Lipinski definition) is 3. The fourth-order valence-electron chi connectivity index (χ4n) is 4.53. The third-order valence-corrected chi connectivity index (χ3v) is 5.81. The van der Waals surface area contributed by atoms with Crippen LogP contribution in [0.3, 0.4) is 0 Å². The molecule has 1 saturated heterocycles. The monoisotopic (exact) mass is 395 g/mol. The van der Waals surface area contributed by atoms with E-state index in [4.69, 9.17) is 19.9 Å². The van der Waals surface area contributed by atoms with Crippen LogP contribution in [0, 0.1) is 0 Å². The number of benzene rings is 2. The summed E-state index contributed by atoms with van der Waals surface area (Å²) in [5.41, 5.74) is 10.6. The Kier molecular flexibility index (Phi) is 3.77. The number of H-pyrrole nitrogens is 1. The number of hydrogen-bond acceptors (Lipinski definition) is 6. The van der Waals surface area contributed by atoms with Crippen LogP contribution in [0.5, 0.6) is 17.2 Å². The molecule has 1 fully saturated rings. The summed E-state index contributed by atoms with van der Waals surface area (Å²) in [5, 5.41) is 11.3. The lowest BCUT2D eigenvalue weighted by atomic mass is 9.88. The number of ether oxygens (including phenoxy) is 3. The maximum absolute atomic E-state index is 12.6. The number of anilines is 1. The van der Waals surface area contributed by atoms with Gasteiger partial charge in [0.1, 0.15) is 12.6 Å². The highest BCUT2D eigenvalue weighted by Crippen LogP contribution is 2.47. The average Bonchev–Trinajstić information content (AvgIpc) is 3.28. The number of aromatic amines is 1. The van der Waals surface area contributed by atoms with Crippen molar-refractivity contribution in [3.05, 3.63) is 47.2 Å². The second kappa shape index (κ2) is 6.23. The van der Waals surface area contributed by atoms with Crippen LogP contribution >= 0.6 is 0 Å². The van der Waals surface area contributed by atoms with Gasteiger partial charge in [0.05, 0.1) is 20.3 Å². The number of carbonyl (C=O) groups excluding carboxylic acids is 1. The molecule has 3 aromatic rings. The lowest BCUT2D eigenvalue weighted by molar-refractivity contribution is 0.147. The van der Waals surface area contributed by atoms with Gasteiger partial charge in [0, 0.05) is 22.3 Å². The summed E-state index contributed by atoms with van der Waals surface area (Å²) in [5.74, 6) is 0.452. The number of amides is 1. The Balaban J connectivity index is 1.78. The maximum atomic E-state index is 12.6. The number of phenols is 1. The van der Waals surface area contributed by atoms with Crippen LogP contribution in [0.4, 0.5) is 10.5 Å². The average molecular weight is 395 g/mol. The van der Waals surface area contributed by atoms with Crippen molar-refractivity contribution in [1.82, 2.24) is 9.88 Å². The van der Waals surface area contributed by atoms with Gasteiger partial charge < -0.3 is 30.0 Å². The molecule has 2 aliphatic rings. The zero-order valence-electron chi connectivity index (χ0n) is 16.1. The molecule has 0 spiro atoms. The topological polar surface area (TPSA) is 110 Å². The standard InChI is InChI=1S/C21H21N3O5/c1-27-15-6-10(7-16(28-2)20(15)25)19-18-12(8-11-9-29-21(26)24(11)19)17-13(22)4-3-5-14(17)23-18/h3-7,11,19,23,25H,8-9,22H2,1-2H3/t11-,19+/m0/s1. The van der Waals surface area contributed by atoms with E-state index in [1.165, 1.54) is 14.2 Å². The van der Waals surface area contributed by atoms with Gasteiger partial charge in [0.2, 0.25) is 5.75 Å². The number of nitrogens with zero attached hydrogens (tertiary/aromatic N) is 1. The highest BCUT2D eigenvalue weighted by Gasteiger charge is 2.46. The van der Waals surface area contributed by atoms with Crippen molar-refractivity contribution in [2.24, 2.45) is 0 Å². The summed E-state index contributed by atoms with van der Waals surface area (Å²) >= 11 is 0. The van der Waals surface area contributed by atoms with Crippen molar-refractivity contribution in [2.45, 2.75) is 18.5 Å². The molecule has 1 amide bonds. The quantitative estimate of drug-likeness (QED) is 0.588. The summed E-state index contributed by atoms with van der Waals surface area (Å²) in [6.45, 7) is 0.320. The molecule has 0 bridgehead atoms. The number of fused-ring (bicyclic) bond motifs is 4. The fourth-order valence-corrected chi connectivity index (χ4v) is 4.53. The van der Waals surface area contributed by atoms with Gasteiger partial charge in [-0.05, 0) is 41.8 Å². The zero-order chi connectivity index (χ0) is 20.3. The molecule has 4 N–H and O–H groups in total. The smallest absolute Gasteiger partial charge is 0.411 e. The minimum atomic E-state index is -0.450. The number of cyclic esters (lactones) is 1. The summed E-state index contributed by atoms with van der Waals surface area (Å²) in [6.07, 6.45) is 0.279. The Morgan fingerprint density at radius 1 is 1.24 bits per heavy atom. The molecule has 5 rings (SSSR count). The van der Waals surface area contributed by atoms with Crippen LogP contribution in [0.2, 0.25) is 0 Å². The van der Waals surface area contributed by atoms with Gasteiger partial charge in [-0.3, -0.25) is 4.90 Å². The van der Waals surface area contributed by atoms with E-state index >= 15 is 0 Å². The normalized spacial score (nSPS) is 20.3. The maximum Gasteiger partial charge on any atom is 0.411 e. The molecule has 8 heteroatoms. The van der Waals surface area contributed by atoms with Crippen LogP contribution in [-0.4, -0.2) is 48.0 Å². The number of methoxy groups -OCH3 is 2. The van der Waals surface area contributed by atoms with Crippen LogP contribution in [0.1, 0.15) is 22.9 Å². The first-order chi connectivity index (χ1) is 14.0. The van der Waals surface area contributed by atoms with Gasteiger partial charge in [0.25, 0.3) is 0 Å². The molecule has 0 saturated carbocycles. The molecule has 0 radical (unpaired) electrons. The van der Waals surface area contributed by atoms with E-state index in [0.717, 1.165) is 27.7 Å². The van der Waals surface area contributed by atoms with E-state index in [-0.39, 0.29) is 29.4 Å². The fraction of sp³-hybridized carbons (Fsp3) is 0.286. The van der Waals surface area contributed by atoms with Crippen molar-refractivity contribution in [1.29, 1.82) is 0 Å². The van der Waals surface area contributed by atoms with E-state index in [1.807, 2.05) is 18.2 Å². The predicted molar refractivity (Wildman–Crippen MR) is 106 cm³/mol. The second-order valence-electron chi connectivity index (χ2n) is 7.31. The van der Waals surface area contributed by atoms with E-state index < -0.39 is 6.04 Å². The van der Waals surface area contributed by atoms with Gasteiger partial charge >= 0.3 is 6.09 Å². The summed E-state index contributed by atoms with van der Waals surface area (Å²) < 4.78 is 16.0. The largest absolute Gasteiger partial charge is 0.502 e. The molecule has 2 aromatic carbocycles. The molecule has 8 nitrogen and oxygen atoms in total. The van der Waals surface area contributed by atoms with E-state index in [2.05, 4.69) is 4.98 Å². The van der Waals surface area contributed by atoms with Crippen molar-refractivity contribution >= 4 is 22.7 Å². The molecule has 3 heterocycles. The third kappa shape index (κ3) is 2.41. The number of nitrogen functional groups attached to an aromatic ring is 1. The number of nitrogens with one attached hydrogen (secondary N) is 1. The van der Waals surface area contributed by atoms with Crippen molar-refractivity contribution in [3.8, 4) is 17.2 Å². The van der Waals surface area contributed by atoms with Gasteiger partial charge in [0.15, 0.2) is 11.5 Å². The highest BCUT2D eigenvalue weighted by atomic mass is 16.6. The Labute approximate surface area is 166 Å². The van der Waals surface area contributed by atoms with Gasteiger partial charge in [-0.1, -0.05) is 6.07 Å². The molecule has 2 atom stereocenters. The molecular weight excluding hydrogens is 374 g/mol. The van der Waals surface area contributed by atoms with Crippen molar-refractivity contribution in [2.75, 3.05) is 26.6 Å². The van der Waals surface area contributed by atoms with Gasteiger partial charge in [-0.2, -0.15) is 0 Å². The number of aromatic hydroxyl groups is 1. The third-order valence-electron chi connectivity index (χ3n) is 5.81. The molecule has 1 aromatic heterocycles. The first-order valence-electron chi connectivity index (χ1n) is 9.32. The first kappa shape index (κ1) is 17.5. The van der Waals surface area contributed by atoms with E-state index in [9.17, 15) is 9.90 Å². The number of phenolic OH excluding ortho intramolecular Hbond substituents is 1. The first-order valence-corrected chi connectivity index (χ1v) is 9.32. The summed E-state index contributed by atoms with van der Waals surface area (Å²) in [7, 11) is 2.95. The second-order valence-corrected chi connectivity index (χ2v) is 7.31. The van der Waals surface area contributed by atoms with Crippen LogP contribution in [0.15, 0.2) is 30.3 Å². The predicted octanol–water partition coefficient (Wildman–Crippen LogP) is 2.94. The van der Waals surface area contributed by atoms with E-state index in [0.29, 0.717) is 18.7 Å². The van der Waals surface area contributed by atoms with Crippen LogP contribution < -0.4 is 15.2 Å². The SMILES string of the molecule is COc1cc([C@@H]2c3[nH]c4cccc(N)c4c3C[C@H]3COC(=O)N32)cc(OC)c1O. The van der Waals surface area contributed by atoms with Crippen LogP contribution in [-0.2, 0) is 11.2 Å². The molecule has 0 unspecified atom stereocenters. The number of carbonyl (C=O) groups is 1. The minimum absolute atomic E-state index is 0.0868. The molecule has 0 aliphatic carbocycles. The Hall–Kier alpha value is -3.55. The van der Waals surface area contributed by atoms with Crippen molar-refractivity contribution in [3.63, 3.8) is 0 Å². The molecule has 2 aliphatic heterocycles. The lowest BCUT2D eigenvalue weighted by Crippen LogP contribution is -2.42. The number of rotatable bonds is 3. The van der Waals surface area contributed by atoms with E-state index in [1.54, 1.807) is 17.0 Å². The Morgan fingerprint density at radius 2 is 1.97 bits per heavy atom. The number of nitrogens with two attached hydrogens (primary N) is 1. The molecule has 29 heavy (non-hydrogen) atoms. The van der Waals surface area contributed by atoms with Crippen molar-refractivity contribution < 1.29 is 24.1 Å². The molecular formula is C21H21N3O5. The van der Waals surface area contributed by atoms with Gasteiger partial charge in [-0.25, -0.2) is 4.79 Å². The zero-order valence-corrected chi connectivity index (χ0v) is 16.1. The molecule has 150 valence electrons. The summed E-state index contributed by atoms with van der Waals surface area (Å²) in [6, 6.07) is 8.63. The summed E-state index contributed by atoms with van der Waals surface area (Å²) in [4.78, 5) is 17.8. The Morgan fingerprint density at radius 3 is 2.66 bits per heavy atom. The van der Waals surface area contributed by atoms with Crippen LogP contribution in [0.25, 0.3) is 10.9 Å².